The second-order valence-electron chi connectivity index (χ2n) is 5.04. The molecule has 0 aliphatic heterocycles. The van der Waals surface area contributed by atoms with Crippen molar-refractivity contribution in [1.82, 2.24) is 0 Å². The SMILES string of the molecule is NC(Cc1ccc(O)cc1)C(=O)O.NCCCCC(N)C(=O)O. The van der Waals surface area contributed by atoms with E-state index in [-0.39, 0.29) is 12.2 Å². The molecule has 8 heteroatoms. The number of benzene rings is 1. The molecule has 0 amide bonds. The van der Waals surface area contributed by atoms with E-state index in [2.05, 4.69) is 0 Å². The second kappa shape index (κ2) is 11.4. The smallest absolute Gasteiger partial charge is 0.320 e. The lowest BCUT2D eigenvalue weighted by molar-refractivity contribution is -0.139. The fraction of sp³-hybridized carbons (Fsp3) is 0.467. The molecule has 0 aliphatic carbocycles. The molecule has 1 rings (SSSR count). The second-order valence-corrected chi connectivity index (χ2v) is 5.04. The number of unbranched alkanes of at least 4 members (excludes halogenated alkanes) is 1. The zero-order chi connectivity index (χ0) is 17.8. The van der Waals surface area contributed by atoms with Gasteiger partial charge in [-0.15, -0.1) is 0 Å². The van der Waals surface area contributed by atoms with Crippen molar-refractivity contribution >= 4 is 11.9 Å². The van der Waals surface area contributed by atoms with Crippen molar-refractivity contribution in [3.05, 3.63) is 29.8 Å². The summed E-state index contributed by atoms with van der Waals surface area (Å²) in [6.07, 6.45) is 2.44. The molecule has 0 fully saturated rings. The molecule has 0 saturated heterocycles. The van der Waals surface area contributed by atoms with Gasteiger partial charge in [0, 0.05) is 0 Å². The van der Waals surface area contributed by atoms with Gasteiger partial charge in [-0.3, -0.25) is 9.59 Å². The number of carboxylic acid groups (broad SMARTS) is 2. The Morgan fingerprint density at radius 2 is 1.48 bits per heavy atom. The number of phenols is 1. The van der Waals surface area contributed by atoms with Gasteiger partial charge < -0.3 is 32.5 Å². The van der Waals surface area contributed by atoms with E-state index in [0.717, 1.165) is 18.4 Å². The zero-order valence-corrected chi connectivity index (χ0v) is 12.9. The van der Waals surface area contributed by atoms with E-state index in [0.29, 0.717) is 13.0 Å². The number of carbonyl (C=O) groups is 2. The predicted octanol–water partition coefficient (Wildman–Crippen LogP) is -0.126. The Hall–Kier alpha value is -2.16. The standard InChI is InChI=1S/C9H11NO3.C6H14N2O2/c10-8(9(12)13)5-6-1-3-7(11)4-2-6;7-4-2-1-3-5(8)6(9)10/h1-4,8,11H,5,10H2,(H,12,13);5H,1-4,7-8H2,(H,9,10). The number of aromatic hydroxyl groups is 1. The van der Waals surface area contributed by atoms with Gasteiger partial charge in [-0.1, -0.05) is 18.6 Å². The van der Waals surface area contributed by atoms with Gasteiger partial charge in [0.15, 0.2) is 0 Å². The van der Waals surface area contributed by atoms with Gasteiger partial charge in [-0.05, 0) is 43.5 Å². The van der Waals surface area contributed by atoms with Gasteiger partial charge >= 0.3 is 11.9 Å². The monoisotopic (exact) mass is 327 g/mol. The van der Waals surface area contributed by atoms with Crippen LogP contribution in [0.5, 0.6) is 5.75 Å². The van der Waals surface area contributed by atoms with Crippen LogP contribution in [0.2, 0.25) is 0 Å². The summed E-state index contributed by atoms with van der Waals surface area (Å²) in [6.45, 7) is 0.604. The van der Waals surface area contributed by atoms with Gasteiger partial charge in [0.05, 0.1) is 0 Å². The fourth-order valence-corrected chi connectivity index (χ4v) is 1.61. The Balaban J connectivity index is 0.000000438. The van der Waals surface area contributed by atoms with Crippen molar-refractivity contribution in [3.63, 3.8) is 0 Å². The highest BCUT2D eigenvalue weighted by atomic mass is 16.4. The van der Waals surface area contributed by atoms with Crippen LogP contribution in [-0.4, -0.2) is 45.9 Å². The highest BCUT2D eigenvalue weighted by Crippen LogP contribution is 2.10. The first-order valence-corrected chi connectivity index (χ1v) is 7.22. The van der Waals surface area contributed by atoms with E-state index >= 15 is 0 Å². The van der Waals surface area contributed by atoms with Crippen LogP contribution in [-0.2, 0) is 16.0 Å². The van der Waals surface area contributed by atoms with Crippen LogP contribution >= 0.6 is 0 Å². The highest BCUT2D eigenvalue weighted by Gasteiger charge is 2.11. The first-order valence-electron chi connectivity index (χ1n) is 7.22. The molecule has 1 aromatic rings. The number of hydrogen-bond acceptors (Lipinski definition) is 6. The Morgan fingerprint density at radius 1 is 0.957 bits per heavy atom. The minimum Gasteiger partial charge on any atom is -0.508 e. The van der Waals surface area contributed by atoms with E-state index in [9.17, 15) is 9.59 Å². The molecule has 0 heterocycles. The van der Waals surface area contributed by atoms with Gasteiger partial charge in [0.1, 0.15) is 17.8 Å². The minimum atomic E-state index is -1.02. The lowest BCUT2D eigenvalue weighted by atomic mass is 10.1. The molecular formula is C15H25N3O5. The van der Waals surface area contributed by atoms with E-state index in [1.54, 1.807) is 12.1 Å². The van der Waals surface area contributed by atoms with Gasteiger partial charge in [-0.25, -0.2) is 0 Å². The summed E-state index contributed by atoms with van der Waals surface area (Å²) in [4.78, 5) is 20.5. The molecule has 1 aromatic carbocycles. The quantitative estimate of drug-likeness (QED) is 0.358. The van der Waals surface area contributed by atoms with E-state index in [4.69, 9.17) is 32.5 Å². The molecule has 0 radical (unpaired) electrons. The van der Waals surface area contributed by atoms with Gasteiger partial charge in [0.25, 0.3) is 0 Å². The third-order valence-corrected chi connectivity index (χ3v) is 3.00. The topological polar surface area (TPSA) is 173 Å². The molecule has 0 spiro atoms. The van der Waals surface area contributed by atoms with Crippen LogP contribution in [0.1, 0.15) is 24.8 Å². The first-order chi connectivity index (χ1) is 10.8. The summed E-state index contributed by atoms with van der Waals surface area (Å²) in [5.74, 6) is -1.79. The van der Waals surface area contributed by atoms with Crippen molar-refractivity contribution in [3.8, 4) is 5.75 Å². The number of carboxylic acids is 2. The van der Waals surface area contributed by atoms with Crippen LogP contribution in [0.3, 0.4) is 0 Å². The maximum atomic E-state index is 10.4. The van der Waals surface area contributed by atoms with Gasteiger partial charge in [0.2, 0.25) is 0 Å². The van der Waals surface area contributed by atoms with E-state index in [1.165, 1.54) is 12.1 Å². The molecule has 130 valence electrons. The average Bonchev–Trinajstić information content (AvgIpc) is 2.50. The van der Waals surface area contributed by atoms with Crippen molar-refractivity contribution in [2.75, 3.05) is 6.54 Å². The van der Waals surface area contributed by atoms with Crippen LogP contribution in [0.4, 0.5) is 0 Å². The number of hydrogen-bond donors (Lipinski definition) is 6. The normalized spacial score (nSPS) is 12.7. The number of aliphatic carboxylic acids is 2. The highest BCUT2D eigenvalue weighted by molar-refractivity contribution is 5.73. The summed E-state index contributed by atoms with van der Waals surface area (Å²) in [6, 6.07) is 4.71. The molecule has 0 aliphatic rings. The van der Waals surface area contributed by atoms with Crippen molar-refractivity contribution in [1.29, 1.82) is 0 Å². The molecule has 0 saturated carbocycles. The predicted molar refractivity (Wildman–Crippen MR) is 85.9 cm³/mol. The molecule has 8 nitrogen and oxygen atoms in total. The molecule has 23 heavy (non-hydrogen) atoms. The molecule has 2 atom stereocenters. The largest absolute Gasteiger partial charge is 0.508 e. The van der Waals surface area contributed by atoms with Crippen LogP contribution < -0.4 is 17.2 Å². The third-order valence-electron chi connectivity index (χ3n) is 3.00. The summed E-state index contributed by atoms with van der Waals surface area (Å²) >= 11 is 0. The molecule has 0 aromatic heterocycles. The molecule has 9 N–H and O–H groups in total. The third kappa shape index (κ3) is 10.2. The van der Waals surface area contributed by atoms with Crippen molar-refractivity contribution in [2.45, 2.75) is 37.8 Å². The average molecular weight is 327 g/mol. The number of rotatable bonds is 8. The van der Waals surface area contributed by atoms with Crippen LogP contribution in [0, 0.1) is 0 Å². The summed E-state index contributed by atoms with van der Waals surface area (Å²) in [7, 11) is 0. The summed E-state index contributed by atoms with van der Waals surface area (Å²) in [5.41, 5.74) is 16.5. The van der Waals surface area contributed by atoms with Gasteiger partial charge in [-0.2, -0.15) is 0 Å². The molecular weight excluding hydrogens is 302 g/mol. The van der Waals surface area contributed by atoms with Crippen molar-refractivity contribution in [2.24, 2.45) is 17.2 Å². The van der Waals surface area contributed by atoms with E-state index in [1.807, 2.05) is 0 Å². The maximum Gasteiger partial charge on any atom is 0.320 e. The zero-order valence-electron chi connectivity index (χ0n) is 12.9. The van der Waals surface area contributed by atoms with E-state index < -0.39 is 24.0 Å². The fourth-order valence-electron chi connectivity index (χ4n) is 1.61. The number of phenolic OH excluding ortho intramolecular Hbond substituents is 1. The Kier molecular flexibility index (Phi) is 10.3. The number of nitrogens with two attached hydrogens (primary N) is 3. The molecule has 0 bridgehead atoms. The first kappa shape index (κ1) is 20.8. The lowest BCUT2D eigenvalue weighted by Crippen LogP contribution is -2.32. The Morgan fingerprint density at radius 3 is 1.91 bits per heavy atom. The maximum absolute atomic E-state index is 10.4. The molecule has 2 unspecified atom stereocenters. The van der Waals surface area contributed by atoms with Crippen LogP contribution in [0.15, 0.2) is 24.3 Å². The summed E-state index contributed by atoms with van der Waals surface area (Å²) in [5, 5.41) is 25.8. The Labute approximate surface area is 134 Å². The lowest BCUT2D eigenvalue weighted by Gasteiger charge is -2.05. The minimum absolute atomic E-state index is 0.160. The van der Waals surface area contributed by atoms with Crippen LogP contribution in [0.25, 0.3) is 0 Å². The Bertz CT molecular complexity index is 479. The summed E-state index contributed by atoms with van der Waals surface area (Å²) < 4.78 is 0. The van der Waals surface area contributed by atoms with Crippen molar-refractivity contribution < 1.29 is 24.9 Å².